The molecule has 6 aromatic carbocycles. The third-order valence-corrected chi connectivity index (χ3v) is 13.3. The largest absolute Gasteiger partial charge is 0.496 e. The Morgan fingerprint density at radius 1 is 0.542 bits per heavy atom. The van der Waals surface area contributed by atoms with Crippen molar-refractivity contribution in [2.24, 2.45) is 10.8 Å². The van der Waals surface area contributed by atoms with Crippen LogP contribution in [0.15, 0.2) is 170 Å². The molecule has 13 heteroatoms. The lowest BCUT2D eigenvalue weighted by atomic mass is 9.96. The van der Waals surface area contributed by atoms with Crippen molar-refractivity contribution in [3.8, 4) is 33.8 Å². The molecular weight excluding hydrogens is 1070 g/mol. The summed E-state index contributed by atoms with van der Waals surface area (Å²) < 4.78 is 33.0. The smallest absolute Gasteiger partial charge is 0.333 e. The van der Waals surface area contributed by atoms with E-state index in [1.54, 1.807) is 28.1 Å². The molecule has 0 amide bonds. The van der Waals surface area contributed by atoms with Crippen LogP contribution < -0.4 is 9.47 Å². The van der Waals surface area contributed by atoms with Gasteiger partial charge in [-0.3, -0.25) is 14.4 Å². The molecule has 1 aliphatic heterocycles. The van der Waals surface area contributed by atoms with Gasteiger partial charge in [0.25, 0.3) is 0 Å². The number of carbonyl (C=O) groups excluding carboxylic acids is 4. The number of ether oxygens (including phenoxy) is 6. The van der Waals surface area contributed by atoms with E-state index in [9.17, 15) is 24.3 Å². The van der Waals surface area contributed by atoms with E-state index in [0.29, 0.717) is 59.8 Å². The van der Waals surface area contributed by atoms with Crippen molar-refractivity contribution in [1.29, 1.82) is 0 Å². The normalized spacial score (nSPS) is 11.6. The van der Waals surface area contributed by atoms with Gasteiger partial charge in [-0.15, -0.1) is 0 Å². The van der Waals surface area contributed by atoms with Crippen LogP contribution >= 0.6 is 11.6 Å². The number of hydrogen-bond acceptors (Lipinski definition) is 12. The van der Waals surface area contributed by atoms with Gasteiger partial charge in [-0.05, 0) is 104 Å². The number of rotatable bonds is 24. The van der Waals surface area contributed by atoms with Crippen LogP contribution in [0.5, 0.6) is 11.5 Å². The zero-order chi connectivity index (χ0) is 61.4. The minimum atomic E-state index is -0.463. The molecule has 1 saturated heterocycles. The predicted octanol–water partition coefficient (Wildman–Crippen LogP) is 14.9. The SMILES string of the molecule is C1CCOC1.C=C(C)C(=O)Cl.C=C(C)C(=O)OCC(C)(C)COCc1cc(-c2ccc(C(=O)c3ccccc3)cc2)ccc1OC.CCN(CC)CC.COc1ccc(-c2ccc(C(=O)c3ccccc3)cc2)cc1COCC(C)(C)CO. The van der Waals surface area contributed by atoms with Gasteiger partial charge in [0.1, 0.15) is 11.5 Å². The van der Waals surface area contributed by atoms with Crippen molar-refractivity contribution in [3.05, 3.63) is 203 Å². The zero-order valence-electron chi connectivity index (χ0n) is 50.8. The number of benzene rings is 6. The van der Waals surface area contributed by atoms with E-state index in [2.05, 4.69) is 38.8 Å². The standard InChI is InChI=1S/C30H32O5.C26H28O4.C6H15N.C4H5ClO.C4H8O/c1-21(2)29(32)35-20-30(3,4)19-34-18-26-17-25(15-16-27(26)33-5)22-11-13-24(14-12-22)28(31)23-9-7-6-8-10-23;1-26(2,17-27)18-30-16-23-15-22(13-14-24(23)29-3)19-9-11-21(12-10-19)25(28)20-7-5-4-6-8-20;1-4-7(5-2)6-3;1-3(2)4(5)6;1-2-4-5-3-1/h6-17H,1,18-20H2,2-5H3;4-15,27H,16-18H2,1-3H3;4-6H2,1-3H3;1H2,2H3;1-4H2. The molecule has 0 radical (unpaired) electrons. The summed E-state index contributed by atoms with van der Waals surface area (Å²) >= 11 is 4.87. The number of aliphatic hydroxyl groups excluding tert-OH is 1. The Morgan fingerprint density at radius 3 is 1.20 bits per heavy atom. The molecule has 0 aromatic heterocycles. The van der Waals surface area contributed by atoms with Gasteiger partial charge in [0, 0.05) is 68.6 Å². The first-order valence-electron chi connectivity index (χ1n) is 28.1. The Kier molecular flexibility index (Phi) is 31.5. The molecule has 6 aromatic rings. The fraction of sp³-hybridized carbons (Fsp3) is 0.371. The first kappa shape index (κ1) is 70.2. The predicted molar refractivity (Wildman–Crippen MR) is 336 cm³/mol. The van der Waals surface area contributed by atoms with Crippen LogP contribution in [-0.2, 0) is 41.8 Å². The molecule has 446 valence electrons. The first-order chi connectivity index (χ1) is 39.6. The molecule has 12 nitrogen and oxygen atoms in total. The van der Waals surface area contributed by atoms with Crippen molar-refractivity contribution < 1.29 is 52.7 Å². The number of aliphatic hydroxyl groups is 1. The summed E-state index contributed by atoms with van der Waals surface area (Å²) in [4.78, 5) is 49.1. The molecule has 0 unspecified atom stereocenters. The molecular formula is C70H88ClNO11. The number of nitrogens with zero attached hydrogens (tertiary/aromatic N) is 1. The number of carbonyl (C=O) groups is 4. The molecule has 1 fully saturated rings. The van der Waals surface area contributed by atoms with Gasteiger partial charge < -0.3 is 38.4 Å². The Morgan fingerprint density at radius 2 is 0.904 bits per heavy atom. The highest BCUT2D eigenvalue weighted by Gasteiger charge is 2.22. The molecule has 7 rings (SSSR count). The van der Waals surface area contributed by atoms with Crippen LogP contribution in [0, 0.1) is 10.8 Å². The molecule has 0 spiro atoms. The van der Waals surface area contributed by atoms with Crippen molar-refractivity contribution in [1.82, 2.24) is 4.90 Å². The average molecular weight is 1150 g/mol. The molecule has 83 heavy (non-hydrogen) atoms. The monoisotopic (exact) mass is 1150 g/mol. The van der Waals surface area contributed by atoms with Crippen molar-refractivity contribution in [2.75, 3.05) is 73.5 Å². The highest BCUT2D eigenvalue weighted by Crippen LogP contribution is 2.31. The average Bonchev–Trinajstić information content (AvgIpc) is 4.26. The first-order valence-corrected chi connectivity index (χ1v) is 28.5. The molecule has 0 saturated carbocycles. The number of allylic oxidation sites excluding steroid dienone is 1. The number of hydrogen-bond donors (Lipinski definition) is 1. The second-order valence-electron chi connectivity index (χ2n) is 21.4. The number of methoxy groups -OCH3 is 2. The van der Waals surface area contributed by atoms with Crippen LogP contribution in [-0.4, -0.2) is 106 Å². The molecule has 0 atom stereocenters. The Balaban J connectivity index is 0.000000336. The maximum atomic E-state index is 12.7. The number of esters is 1. The van der Waals surface area contributed by atoms with Crippen LogP contribution in [0.1, 0.15) is 118 Å². The fourth-order valence-electron chi connectivity index (χ4n) is 7.81. The van der Waals surface area contributed by atoms with E-state index in [1.165, 1.54) is 32.5 Å². The zero-order valence-corrected chi connectivity index (χ0v) is 51.6. The van der Waals surface area contributed by atoms with Gasteiger partial charge in [0.15, 0.2) is 11.6 Å². The van der Waals surface area contributed by atoms with E-state index in [4.69, 9.17) is 40.0 Å². The lowest BCUT2D eigenvalue weighted by Crippen LogP contribution is -2.27. The van der Waals surface area contributed by atoms with Gasteiger partial charge in [-0.25, -0.2) is 4.79 Å². The van der Waals surface area contributed by atoms with Gasteiger partial charge >= 0.3 is 5.97 Å². The third kappa shape index (κ3) is 25.6. The van der Waals surface area contributed by atoms with Crippen molar-refractivity contribution in [2.45, 2.75) is 88.4 Å². The second kappa shape index (κ2) is 37.2. The Bertz CT molecular complexity index is 2900. The summed E-state index contributed by atoms with van der Waals surface area (Å²) in [5.74, 6) is 1.10. The molecule has 1 aliphatic rings. The van der Waals surface area contributed by atoms with E-state index >= 15 is 0 Å². The van der Waals surface area contributed by atoms with Crippen molar-refractivity contribution in [3.63, 3.8) is 0 Å². The summed E-state index contributed by atoms with van der Waals surface area (Å²) in [6.45, 7) is 32.0. The molecule has 1 heterocycles. The molecule has 1 N–H and O–H groups in total. The maximum absolute atomic E-state index is 12.7. The highest BCUT2D eigenvalue weighted by molar-refractivity contribution is 6.67. The Hall–Kier alpha value is -7.03. The number of halogens is 1. The van der Waals surface area contributed by atoms with Gasteiger partial charge in [-0.1, -0.05) is 183 Å². The fourth-order valence-corrected chi connectivity index (χ4v) is 7.81. The van der Waals surface area contributed by atoms with Crippen LogP contribution in [0.4, 0.5) is 0 Å². The molecule has 0 bridgehead atoms. The summed E-state index contributed by atoms with van der Waals surface area (Å²) in [7, 11) is 3.27. The van der Waals surface area contributed by atoms with Crippen molar-refractivity contribution >= 4 is 34.4 Å². The minimum absolute atomic E-state index is 0.00230. The summed E-state index contributed by atoms with van der Waals surface area (Å²) in [6, 6.07) is 45.6. The van der Waals surface area contributed by atoms with Crippen LogP contribution in [0.25, 0.3) is 22.3 Å². The van der Waals surface area contributed by atoms with E-state index < -0.39 is 11.2 Å². The summed E-state index contributed by atoms with van der Waals surface area (Å²) in [5.41, 5.74) is 8.65. The second-order valence-corrected chi connectivity index (χ2v) is 21.8. The van der Waals surface area contributed by atoms with E-state index in [1.807, 2.05) is 173 Å². The van der Waals surface area contributed by atoms with Gasteiger partial charge in [-0.2, -0.15) is 0 Å². The lowest BCUT2D eigenvalue weighted by molar-refractivity contribution is -0.143. The van der Waals surface area contributed by atoms with Gasteiger partial charge in [0.05, 0.1) is 53.9 Å². The number of ketones is 2. The minimum Gasteiger partial charge on any atom is -0.496 e. The molecule has 0 aliphatic carbocycles. The maximum Gasteiger partial charge on any atom is 0.333 e. The third-order valence-electron chi connectivity index (χ3n) is 13.0. The summed E-state index contributed by atoms with van der Waals surface area (Å²) in [6.07, 6.45) is 2.56. The highest BCUT2D eigenvalue weighted by atomic mass is 35.5. The van der Waals surface area contributed by atoms with E-state index in [0.717, 1.165) is 58.1 Å². The van der Waals surface area contributed by atoms with E-state index in [-0.39, 0.29) is 35.6 Å². The lowest BCUT2D eigenvalue weighted by Gasteiger charge is -2.24. The van der Waals surface area contributed by atoms with Crippen LogP contribution in [0.2, 0.25) is 0 Å². The van der Waals surface area contributed by atoms with Crippen LogP contribution in [0.3, 0.4) is 0 Å². The Labute approximate surface area is 499 Å². The summed E-state index contributed by atoms with van der Waals surface area (Å²) in [5, 5.41) is 8.93. The quantitative estimate of drug-likeness (QED) is 0.0266. The topological polar surface area (TPSA) is 147 Å². The van der Waals surface area contributed by atoms with Gasteiger partial charge in [0.2, 0.25) is 5.24 Å².